The van der Waals surface area contributed by atoms with Crippen molar-refractivity contribution in [1.29, 1.82) is 0 Å². The Balaban J connectivity index is 4.22. The second-order valence-corrected chi connectivity index (χ2v) is 19.6. The summed E-state index contributed by atoms with van der Waals surface area (Å²) in [5.74, 6) is -0.886. The third-order valence-electron chi connectivity index (χ3n) is 12.8. The van der Waals surface area contributed by atoms with Crippen molar-refractivity contribution in [3.63, 3.8) is 0 Å². The summed E-state index contributed by atoms with van der Waals surface area (Å²) in [6, 6.07) is 0. The van der Waals surface area contributed by atoms with E-state index in [9.17, 15) is 14.4 Å². The standard InChI is InChI=1S/C60H110O6/c1-4-7-10-13-16-19-22-25-26-27-28-29-30-31-32-33-34-36-38-41-44-47-50-53-59(62)65-56-57(55-64-58(61)52-49-46-43-40-37-24-21-18-15-12-9-6-3)66-60(63)54-51-48-45-42-39-35-23-20-17-14-11-8-5-2/h11,14,18,20-21,23,57H,4-10,12-13,15-17,19,22,24-56H2,1-3H3/b14-11-,21-18-,23-20-. The fourth-order valence-corrected chi connectivity index (χ4v) is 8.48. The van der Waals surface area contributed by atoms with E-state index in [4.69, 9.17) is 14.2 Å². The van der Waals surface area contributed by atoms with E-state index in [2.05, 4.69) is 57.2 Å². The molecule has 386 valence electrons. The first-order valence-corrected chi connectivity index (χ1v) is 29.0. The van der Waals surface area contributed by atoms with E-state index in [0.29, 0.717) is 19.3 Å². The van der Waals surface area contributed by atoms with Crippen LogP contribution in [0.2, 0.25) is 0 Å². The molecule has 0 bridgehead atoms. The molecule has 0 aromatic carbocycles. The highest BCUT2D eigenvalue weighted by molar-refractivity contribution is 5.71. The Hall–Kier alpha value is -2.37. The normalized spacial score (nSPS) is 12.2. The summed E-state index contributed by atoms with van der Waals surface area (Å²) >= 11 is 0. The van der Waals surface area contributed by atoms with E-state index >= 15 is 0 Å². The van der Waals surface area contributed by atoms with Crippen LogP contribution in [-0.2, 0) is 28.6 Å². The fourth-order valence-electron chi connectivity index (χ4n) is 8.48. The van der Waals surface area contributed by atoms with Gasteiger partial charge in [-0.3, -0.25) is 14.4 Å². The lowest BCUT2D eigenvalue weighted by Crippen LogP contribution is -2.30. The second-order valence-electron chi connectivity index (χ2n) is 19.6. The van der Waals surface area contributed by atoms with Crippen LogP contribution in [0.25, 0.3) is 0 Å². The van der Waals surface area contributed by atoms with Crippen LogP contribution in [0.1, 0.15) is 310 Å². The maximum Gasteiger partial charge on any atom is 0.306 e. The molecule has 0 aromatic heterocycles. The first-order chi connectivity index (χ1) is 32.5. The minimum atomic E-state index is -0.779. The van der Waals surface area contributed by atoms with Crippen LogP contribution in [0.4, 0.5) is 0 Å². The molecule has 1 atom stereocenters. The van der Waals surface area contributed by atoms with Crippen molar-refractivity contribution in [1.82, 2.24) is 0 Å². The maximum atomic E-state index is 12.8. The van der Waals surface area contributed by atoms with Crippen LogP contribution in [-0.4, -0.2) is 37.2 Å². The molecule has 0 saturated carbocycles. The van der Waals surface area contributed by atoms with Crippen molar-refractivity contribution >= 4 is 17.9 Å². The van der Waals surface area contributed by atoms with Crippen LogP contribution in [0.5, 0.6) is 0 Å². The third-order valence-corrected chi connectivity index (χ3v) is 12.8. The lowest BCUT2D eigenvalue weighted by Gasteiger charge is -2.18. The Bertz CT molecular complexity index is 1110. The Morgan fingerprint density at radius 3 is 0.939 bits per heavy atom. The van der Waals surface area contributed by atoms with E-state index in [1.54, 1.807) is 0 Å². The molecule has 0 rings (SSSR count). The molecule has 0 aliphatic rings. The Morgan fingerprint density at radius 2 is 0.576 bits per heavy atom. The molecule has 0 aliphatic carbocycles. The zero-order chi connectivity index (χ0) is 47.9. The molecule has 0 heterocycles. The summed E-state index contributed by atoms with van der Waals surface area (Å²) in [5, 5.41) is 0. The second kappa shape index (κ2) is 55.2. The summed E-state index contributed by atoms with van der Waals surface area (Å²) in [6.07, 6.45) is 65.8. The first kappa shape index (κ1) is 63.6. The number of allylic oxidation sites excluding steroid dienone is 6. The molecule has 6 heteroatoms. The Labute approximate surface area is 410 Å². The van der Waals surface area contributed by atoms with E-state index < -0.39 is 6.10 Å². The minimum absolute atomic E-state index is 0.0772. The molecule has 0 spiro atoms. The van der Waals surface area contributed by atoms with Gasteiger partial charge in [-0.25, -0.2) is 0 Å². The first-order valence-electron chi connectivity index (χ1n) is 29.0. The number of hydrogen-bond acceptors (Lipinski definition) is 6. The highest BCUT2D eigenvalue weighted by Crippen LogP contribution is 2.17. The summed E-state index contributed by atoms with van der Waals surface area (Å²) in [5.41, 5.74) is 0. The van der Waals surface area contributed by atoms with Gasteiger partial charge < -0.3 is 14.2 Å². The number of carbonyl (C=O) groups excluding carboxylic acids is 3. The predicted octanol–water partition coefficient (Wildman–Crippen LogP) is 19.3. The molecule has 66 heavy (non-hydrogen) atoms. The van der Waals surface area contributed by atoms with Crippen molar-refractivity contribution < 1.29 is 28.6 Å². The SMILES string of the molecule is CCC/C=C\C/C=C\CCCCCCCC(=O)OC(COC(=O)CCCCCCC/C=C\CCCCC)COC(=O)CCCCCCCCCCCCCCCCCCCCCCCCC. The molecule has 0 fully saturated rings. The lowest BCUT2D eigenvalue weighted by molar-refractivity contribution is -0.167. The lowest BCUT2D eigenvalue weighted by atomic mass is 10.0. The van der Waals surface area contributed by atoms with Gasteiger partial charge in [0.05, 0.1) is 0 Å². The molecule has 0 aromatic rings. The van der Waals surface area contributed by atoms with Crippen LogP contribution >= 0.6 is 0 Å². The van der Waals surface area contributed by atoms with Crippen molar-refractivity contribution in [2.75, 3.05) is 13.2 Å². The summed E-state index contributed by atoms with van der Waals surface area (Å²) in [4.78, 5) is 38.1. The van der Waals surface area contributed by atoms with Gasteiger partial charge in [-0.15, -0.1) is 0 Å². The number of ether oxygens (including phenoxy) is 3. The molecule has 0 N–H and O–H groups in total. The van der Waals surface area contributed by atoms with Gasteiger partial charge in [0.1, 0.15) is 13.2 Å². The molecular formula is C60H110O6. The van der Waals surface area contributed by atoms with Crippen LogP contribution < -0.4 is 0 Å². The number of carbonyl (C=O) groups is 3. The Kier molecular flexibility index (Phi) is 53.2. The zero-order valence-electron chi connectivity index (χ0n) is 44.2. The molecular weight excluding hydrogens is 817 g/mol. The smallest absolute Gasteiger partial charge is 0.306 e. The largest absolute Gasteiger partial charge is 0.462 e. The number of hydrogen-bond donors (Lipinski definition) is 0. The minimum Gasteiger partial charge on any atom is -0.462 e. The van der Waals surface area contributed by atoms with Gasteiger partial charge in [-0.05, 0) is 70.6 Å². The van der Waals surface area contributed by atoms with Gasteiger partial charge in [-0.1, -0.05) is 256 Å². The molecule has 6 nitrogen and oxygen atoms in total. The van der Waals surface area contributed by atoms with Gasteiger partial charge >= 0.3 is 17.9 Å². The number of rotatable bonds is 53. The van der Waals surface area contributed by atoms with Crippen molar-refractivity contribution in [3.05, 3.63) is 36.5 Å². The zero-order valence-corrected chi connectivity index (χ0v) is 44.2. The van der Waals surface area contributed by atoms with Crippen molar-refractivity contribution in [2.45, 2.75) is 316 Å². The molecule has 0 radical (unpaired) electrons. The van der Waals surface area contributed by atoms with Gasteiger partial charge in [0.15, 0.2) is 6.10 Å². The quantitative estimate of drug-likeness (QED) is 0.0262. The summed E-state index contributed by atoms with van der Waals surface area (Å²) in [7, 11) is 0. The van der Waals surface area contributed by atoms with Gasteiger partial charge in [-0.2, -0.15) is 0 Å². The third kappa shape index (κ3) is 52.6. The van der Waals surface area contributed by atoms with Crippen LogP contribution in [0.3, 0.4) is 0 Å². The molecule has 0 saturated heterocycles. The van der Waals surface area contributed by atoms with Crippen molar-refractivity contribution in [3.8, 4) is 0 Å². The van der Waals surface area contributed by atoms with E-state index in [0.717, 1.165) is 96.3 Å². The molecule has 1 unspecified atom stereocenters. The topological polar surface area (TPSA) is 78.9 Å². The van der Waals surface area contributed by atoms with Gasteiger partial charge in [0, 0.05) is 19.3 Å². The van der Waals surface area contributed by atoms with E-state index in [-0.39, 0.29) is 31.1 Å². The number of esters is 3. The van der Waals surface area contributed by atoms with Crippen LogP contribution in [0, 0.1) is 0 Å². The highest BCUT2D eigenvalue weighted by Gasteiger charge is 2.19. The van der Waals surface area contributed by atoms with Crippen molar-refractivity contribution in [2.24, 2.45) is 0 Å². The van der Waals surface area contributed by atoms with Gasteiger partial charge in [0.25, 0.3) is 0 Å². The molecule has 0 aliphatic heterocycles. The predicted molar refractivity (Wildman–Crippen MR) is 284 cm³/mol. The fraction of sp³-hybridized carbons (Fsp3) is 0.850. The maximum absolute atomic E-state index is 12.8. The highest BCUT2D eigenvalue weighted by atomic mass is 16.6. The average Bonchev–Trinajstić information content (AvgIpc) is 3.31. The summed E-state index contributed by atoms with van der Waals surface area (Å²) in [6.45, 7) is 6.57. The van der Waals surface area contributed by atoms with Crippen LogP contribution in [0.15, 0.2) is 36.5 Å². The monoisotopic (exact) mass is 927 g/mol. The Morgan fingerprint density at radius 1 is 0.303 bits per heavy atom. The van der Waals surface area contributed by atoms with Gasteiger partial charge in [0.2, 0.25) is 0 Å². The molecule has 0 amide bonds. The van der Waals surface area contributed by atoms with E-state index in [1.807, 2.05) is 0 Å². The number of unbranched alkanes of at least 4 members (excludes halogenated alkanes) is 36. The van der Waals surface area contributed by atoms with E-state index in [1.165, 1.54) is 173 Å². The average molecular weight is 928 g/mol. The summed E-state index contributed by atoms with van der Waals surface area (Å²) < 4.78 is 16.8.